The molecular formula is C19H21ClN2O2. The fraction of sp³-hybridized carbons (Fsp3) is 0.263. The summed E-state index contributed by atoms with van der Waals surface area (Å²) in [7, 11) is 0. The molecular weight excluding hydrogens is 324 g/mol. The van der Waals surface area contributed by atoms with E-state index in [1.54, 1.807) is 38.1 Å². The number of anilines is 2. The Bertz CT molecular complexity index is 764. The summed E-state index contributed by atoms with van der Waals surface area (Å²) in [5.74, 6) is -0.797. The first kappa shape index (κ1) is 18.0. The highest BCUT2D eigenvalue weighted by Crippen LogP contribution is 2.26. The van der Waals surface area contributed by atoms with Crippen LogP contribution in [0.4, 0.5) is 11.4 Å². The number of rotatable bonds is 4. The van der Waals surface area contributed by atoms with E-state index in [0.717, 1.165) is 11.1 Å². The molecule has 0 aliphatic rings. The minimum atomic E-state index is -1.25. The van der Waals surface area contributed by atoms with Crippen molar-refractivity contribution >= 4 is 34.8 Å². The molecule has 2 rings (SSSR count). The molecule has 0 heterocycles. The van der Waals surface area contributed by atoms with Gasteiger partial charge >= 0.3 is 0 Å². The predicted octanol–water partition coefficient (Wildman–Crippen LogP) is 4.56. The van der Waals surface area contributed by atoms with E-state index >= 15 is 0 Å². The van der Waals surface area contributed by atoms with Crippen molar-refractivity contribution < 1.29 is 9.59 Å². The Balaban J connectivity index is 2.14. The summed E-state index contributed by atoms with van der Waals surface area (Å²) in [6, 6.07) is 12.7. The molecule has 2 aromatic carbocycles. The molecule has 0 saturated carbocycles. The summed E-state index contributed by atoms with van der Waals surface area (Å²) in [4.78, 5) is 25.1. The van der Waals surface area contributed by atoms with Gasteiger partial charge in [0.15, 0.2) is 0 Å². The number of nitrogens with one attached hydrogen (secondary N) is 2. The lowest BCUT2D eigenvalue weighted by Crippen LogP contribution is -2.41. The Morgan fingerprint density at radius 2 is 1.46 bits per heavy atom. The third kappa shape index (κ3) is 4.15. The van der Waals surface area contributed by atoms with Crippen LogP contribution in [-0.4, -0.2) is 11.8 Å². The van der Waals surface area contributed by atoms with Gasteiger partial charge in [-0.1, -0.05) is 29.8 Å². The lowest BCUT2D eigenvalue weighted by atomic mass is 9.90. The van der Waals surface area contributed by atoms with Crippen molar-refractivity contribution in [3.8, 4) is 0 Å². The topological polar surface area (TPSA) is 58.2 Å². The first-order chi connectivity index (χ1) is 11.2. The molecule has 4 nitrogen and oxygen atoms in total. The van der Waals surface area contributed by atoms with Crippen molar-refractivity contribution in [1.82, 2.24) is 0 Å². The smallest absolute Gasteiger partial charge is 0.239 e. The monoisotopic (exact) mass is 344 g/mol. The van der Waals surface area contributed by atoms with Crippen LogP contribution in [0.15, 0.2) is 42.5 Å². The maximum Gasteiger partial charge on any atom is 0.239 e. The second-order valence-electron chi connectivity index (χ2n) is 6.39. The standard InChI is InChI=1S/C19H21ClN2O2/c1-12-9-13(2)11-14(10-12)21-17(23)19(3,4)18(24)22-16-8-6-5-7-15(16)20/h5-11H,1-4H3,(H,21,23)(H,22,24). The molecule has 5 heteroatoms. The van der Waals surface area contributed by atoms with Gasteiger partial charge in [0.05, 0.1) is 10.7 Å². The van der Waals surface area contributed by atoms with Gasteiger partial charge in [0, 0.05) is 5.69 Å². The maximum atomic E-state index is 12.6. The highest BCUT2D eigenvalue weighted by molar-refractivity contribution is 6.34. The highest BCUT2D eigenvalue weighted by Gasteiger charge is 2.36. The van der Waals surface area contributed by atoms with Crippen LogP contribution in [0.25, 0.3) is 0 Å². The predicted molar refractivity (Wildman–Crippen MR) is 98.4 cm³/mol. The molecule has 0 saturated heterocycles. The molecule has 2 aromatic rings. The Kier molecular flexibility index (Phi) is 5.30. The lowest BCUT2D eigenvalue weighted by molar-refractivity contribution is -0.135. The van der Waals surface area contributed by atoms with Gasteiger partial charge in [-0.15, -0.1) is 0 Å². The van der Waals surface area contributed by atoms with Crippen LogP contribution in [0, 0.1) is 19.3 Å². The van der Waals surface area contributed by atoms with E-state index < -0.39 is 11.3 Å². The number of para-hydroxylation sites is 1. The molecule has 0 unspecified atom stereocenters. The van der Waals surface area contributed by atoms with Crippen LogP contribution in [0.1, 0.15) is 25.0 Å². The molecule has 126 valence electrons. The number of halogens is 1. The Hall–Kier alpha value is -2.33. The minimum absolute atomic E-state index is 0.378. The number of benzene rings is 2. The van der Waals surface area contributed by atoms with Crippen molar-refractivity contribution in [3.63, 3.8) is 0 Å². The van der Waals surface area contributed by atoms with Gasteiger partial charge in [-0.3, -0.25) is 9.59 Å². The van der Waals surface area contributed by atoms with E-state index in [0.29, 0.717) is 16.4 Å². The van der Waals surface area contributed by atoms with E-state index in [9.17, 15) is 9.59 Å². The maximum absolute atomic E-state index is 12.6. The van der Waals surface area contributed by atoms with Crippen molar-refractivity contribution in [2.24, 2.45) is 5.41 Å². The summed E-state index contributed by atoms with van der Waals surface area (Å²) in [5, 5.41) is 5.95. The second-order valence-corrected chi connectivity index (χ2v) is 6.80. The van der Waals surface area contributed by atoms with Crippen molar-refractivity contribution in [2.45, 2.75) is 27.7 Å². The molecule has 0 radical (unpaired) electrons. The van der Waals surface area contributed by atoms with Crippen LogP contribution in [0.3, 0.4) is 0 Å². The summed E-state index contributed by atoms with van der Waals surface area (Å²) in [5.41, 5.74) is 2.00. The van der Waals surface area contributed by atoms with Crippen LogP contribution >= 0.6 is 11.6 Å². The number of carbonyl (C=O) groups is 2. The summed E-state index contributed by atoms with van der Waals surface area (Å²) >= 11 is 6.05. The summed E-state index contributed by atoms with van der Waals surface area (Å²) in [6.45, 7) is 7.07. The fourth-order valence-corrected chi connectivity index (χ4v) is 2.46. The van der Waals surface area contributed by atoms with Crippen molar-refractivity contribution in [3.05, 3.63) is 58.6 Å². The van der Waals surface area contributed by atoms with E-state index in [1.165, 1.54) is 0 Å². The summed E-state index contributed by atoms with van der Waals surface area (Å²) < 4.78 is 0. The second kappa shape index (κ2) is 7.05. The number of amides is 2. The molecule has 2 N–H and O–H groups in total. The van der Waals surface area contributed by atoms with Gasteiger partial charge in [-0.05, 0) is 63.1 Å². The molecule has 0 aromatic heterocycles. The zero-order valence-electron chi connectivity index (χ0n) is 14.2. The van der Waals surface area contributed by atoms with E-state index in [2.05, 4.69) is 10.6 Å². The Labute approximate surface area is 147 Å². The number of hydrogen-bond acceptors (Lipinski definition) is 2. The Morgan fingerprint density at radius 3 is 2.04 bits per heavy atom. The first-order valence-corrected chi connectivity index (χ1v) is 8.03. The molecule has 0 bridgehead atoms. The van der Waals surface area contributed by atoms with Crippen LogP contribution in [0.2, 0.25) is 5.02 Å². The number of hydrogen-bond donors (Lipinski definition) is 2. The molecule has 0 fully saturated rings. The van der Waals surface area contributed by atoms with Gasteiger partial charge < -0.3 is 10.6 Å². The van der Waals surface area contributed by atoms with Crippen LogP contribution in [0.5, 0.6) is 0 Å². The van der Waals surface area contributed by atoms with E-state index in [1.807, 2.05) is 32.0 Å². The normalized spacial score (nSPS) is 11.0. The third-order valence-corrected chi connectivity index (χ3v) is 4.07. The number of carbonyl (C=O) groups excluding carboxylic acids is 2. The minimum Gasteiger partial charge on any atom is -0.325 e. The van der Waals surface area contributed by atoms with E-state index in [-0.39, 0.29) is 5.91 Å². The zero-order chi connectivity index (χ0) is 17.9. The number of aryl methyl sites for hydroxylation is 2. The lowest BCUT2D eigenvalue weighted by Gasteiger charge is -2.23. The quantitative estimate of drug-likeness (QED) is 0.799. The Morgan fingerprint density at radius 1 is 0.917 bits per heavy atom. The molecule has 2 amide bonds. The van der Waals surface area contributed by atoms with Gasteiger partial charge in [-0.25, -0.2) is 0 Å². The average Bonchev–Trinajstić information content (AvgIpc) is 2.48. The van der Waals surface area contributed by atoms with Gasteiger partial charge in [-0.2, -0.15) is 0 Å². The first-order valence-electron chi connectivity index (χ1n) is 7.66. The molecule has 0 atom stereocenters. The van der Waals surface area contributed by atoms with Crippen LogP contribution < -0.4 is 10.6 Å². The SMILES string of the molecule is Cc1cc(C)cc(NC(=O)C(C)(C)C(=O)Nc2ccccc2Cl)c1. The van der Waals surface area contributed by atoms with Crippen molar-refractivity contribution in [1.29, 1.82) is 0 Å². The largest absolute Gasteiger partial charge is 0.325 e. The summed E-state index contributed by atoms with van der Waals surface area (Å²) in [6.07, 6.45) is 0. The third-order valence-electron chi connectivity index (χ3n) is 3.74. The molecule has 0 spiro atoms. The highest BCUT2D eigenvalue weighted by atomic mass is 35.5. The zero-order valence-corrected chi connectivity index (χ0v) is 15.0. The molecule has 24 heavy (non-hydrogen) atoms. The molecule has 0 aliphatic carbocycles. The fourth-order valence-electron chi connectivity index (χ4n) is 2.28. The van der Waals surface area contributed by atoms with E-state index in [4.69, 9.17) is 11.6 Å². The molecule has 0 aliphatic heterocycles. The van der Waals surface area contributed by atoms with Crippen LogP contribution in [-0.2, 0) is 9.59 Å². The van der Waals surface area contributed by atoms with Gasteiger partial charge in [0.2, 0.25) is 11.8 Å². The van der Waals surface area contributed by atoms with Crippen molar-refractivity contribution in [2.75, 3.05) is 10.6 Å². The van der Waals surface area contributed by atoms with Gasteiger partial charge in [0.1, 0.15) is 5.41 Å². The average molecular weight is 345 g/mol. The van der Waals surface area contributed by atoms with Gasteiger partial charge in [0.25, 0.3) is 0 Å².